The average molecular weight is 337 g/mol. The molecule has 0 unspecified atom stereocenters. The van der Waals surface area contributed by atoms with Gasteiger partial charge in [0.15, 0.2) is 0 Å². The highest BCUT2D eigenvalue weighted by Crippen LogP contribution is 2.20. The molecule has 0 aliphatic heterocycles. The van der Waals surface area contributed by atoms with Gasteiger partial charge in [0, 0.05) is 5.69 Å². The van der Waals surface area contributed by atoms with Crippen LogP contribution in [0.15, 0.2) is 47.4 Å². The topological polar surface area (TPSA) is 72.5 Å². The van der Waals surface area contributed by atoms with Gasteiger partial charge in [0.25, 0.3) is 10.0 Å². The molecule has 23 heavy (non-hydrogen) atoms. The number of rotatable bonds is 5. The number of benzene rings is 2. The largest absolute Gasteiger partial charge is 0.462 e. The first kappa shape index (κ1) is 17.0. The van der Waals surface area contributed by atoms with E-state index in [0.29, 0.717) is 0 Å². The van der Waals surface area contributed by atoms with E-state index >= 15 is 0 Å². The highest BCUT2D eigenvalue weighted by molar-refractivity contribution is 7.92. The molecule has 1 N–H and O–H groups in total. The van der Waals surface area contributed by atoms with Crippen LogP contribution in [0.1, 0.15) is 22.8 Å². The number of ether oxygens (including phenoxy) is 1. The van der Waals surface area contributed by atoms with Gasteiger partial charge in [0.1, 0.15) is 5.82 Å². The zero-order chi connectivity index (χ0) is 17.0. The van der Waals surface area contributed by atoms with Gasteiger partial charge in [-0.25, -0.2) is 17.6 Å². The second-order valence-corrected chi connectivity index (χ2v) is 6.52. The van der Waals surface area contributed by atoms with Gasteiger partial charge >= 0.3 is 5.97 Å². The molecule has 2 rings (SSSR count). The van der Waals surface area contributed by atoms with Gasteiger partial charge in [-0.15, -0.1) is 0 Å². The van der Waals surface area contributed by atoms with Gasteiger partial charge in [-0.05, 0) is 44.2 Å². The van der Waals surface area contributed by atoms with E-state index in [9.17, 15) is 17.6 Å². The molecule has 122 valence electrons. The van der Waals surface area contributed by atoms with Crippen LogP contribution in [-0.4, -0.2) is 21.0 Å². The second-order valence-electron chi connectivity index (χ2n) is 4.83. The van der Waals surface area contributed by atoms with Gasteiger partial charge < -0.3 is 4.74 Å². The van der Waals surface area contributed by atoms with Crippen LogP contribution in [0, 0.1) is 12.7 Å². The number of hydrogen-bond acceptors (Lipinski definition) is 4. The lowest BCUT2D eigenvalue weighted by atomic mass is 10.2. The summed E-state index contributed by atoms with van der Waals surface area (Å²) in [6.45, 7) is 3.53. The van der Waals surface area contributed by atoms with Crippen molar-refractivity contribution in [1.29, 1.82) is 0 Å². The van der Waals surface area contributed by atoms with Crippen LogP contribution in [0.3, 0.4) is 0 Å². The van der Waals surface area contributed by atoms with Crippen LogP contribution in [0.2, 0.25) is 0 Å². The normalized spacial score (nSPS) is 11.1. The Morgan fingerprint density at radius 3 is 2.43 bits per heavy atom. The molecular formula is C16H16FNO4S. The Kier molecular flexibility index (Phi) is 5.00. The molecule has 2 aromatic carbocycles. The molecule has 0 heterocycles. The van der Waals surface area contributed by atoms with E-state index in [-0.39, 0.29) is 22.8 Å². The summed E-state index contributed by atoms with van der Waals surface area (Å²) < 4.78 is 45.3. The summed E-state index contributed by atoms with van der Waals surface area (Å²) in [5, 5.41) is 0. The molecule has 0 saturated heterocycles. The molecule has 5 nitrogen and oxygen atoms in total. The SMILES string of the molecule is CCOC(=O)c1cc(NS(=O)(=O)c2ccc(C)cc2)ccc1F. The van der Waals surface area contributed by atoms with Crippen LogP contribution in [0.4, 0.5) is 10.1 Å². The molecule has 0 saturated carbocycles. The maximum absolute atomic E-state index is 13.7. The molecular weight excluding hydrogens is 321 g/mol. The maximum Gasteiger partial charge on any atom is 0.341 e. The molecule has 7 heteroatoms. The van der Waals surface area contributed by atoms with E-state index in [0.717, 1.165) is 17.7 Å². The van der Waals surface area contributed by atoms with Crippen LogP contribution < -0.4 is 4.72 Å². The number of carbonyl (C=O) groups excluding carboxylic acids is 1. The zero-order valence-corrected chi connectivity index (χ0v) is 13.5. The van der Waals surface area contributed by atoms with Crippen molar-refractivity contribution in [2.75, 3.05) is 11.3 Å². The second kappa shape index (κ2) is 6.78. The van der Waals surface area contributed by atoms with Crippen molar-refractivity contribution in [2.45, 2.75) is 18.7 Å². The van der Waals surface area contributed by atoms with Crippen molar-refractivity contribution >= 4 is 21.7 Å². The lowest BCUT2D eigenvalue weighted by Gasteiger charge is -2.10. The molecule has 0 amide bonds. The summed E-state index contributed by atoms with van der Waals surface area (Å²) >= 11 is 0. The fraction of sp³-hybridized carbons (Fsp3) is 0.188. The first-order valence-electron chi connectivity index (χ1n) is 6.89. The highest BCUT2D eigenvalue weighted by atomic mass is 32.2. The number of nitrogens with one attached hydrogen (secondary N) is 1. The van der Waals surface area contributed by atoms with Gasteiger partial charge in [0.2, 0.25) is 0 Å². The smallest absolute Gasteiger partial charge is 0.341 e. The van der Waals surface area contributed by atoms with Crippen molar-refractivity contribution in [3.8, 4) is 0 Å². The molecule has 0 bridgehead atoms. The Labute approximate surface area is 134 Å². The molecule has 0 fully saturated rings. The number of hydrogen-bond donors (Lipinski definition) is 1. The molecule has 0 atom stereocenters. The monoisotopic (exact) mass is 337 g/mol. The predicted molar refractivity (Wildman–Crippen MR) is 84.3 cm³/mol. The van der Waals surface area contributed by atoms with Gasteiger partial charge in [-0.1, -0.05) is 17.7 Å². The third-order valence-electron chi connectivity index (χ3n) is 3.05. The summed E-state index contributed by atoms with van der Waals surface area (Å²) in [5.74, 6) is -1.62. The molecule has 0 radical (unpaired) electrons. The van der Waals surface area contributed by atoms with E-state index in [4.69, 9.17) is 4.74 Å². The number of aryl methyl sites for hydroxylation is 1. The molecule has 0 aliphatic carbocycles. The summed E-state index contributed by atoms with van der Waals surface area (Å²) in [6, 6.07) is 9.63. The number of anilines is 1. The van der Waals surface area contributed by atoms with Crippen molar-refractivity contribution < 1.29 is 22.3 Å². The first-order valence-corrected chi connectivity index (χ1v) is 8.38. The summed E-state index contributed by atoms with van der Waals surface area (Å²) in [6.07, 6.45) is 0. The van der Waals surface area contributed by atoms with Gasteiger partial charge in [-0.2, -0.15) is 0 Å². The lowest BCUT2D eigenvalue weighted by Crippen LogP contribution is -2.14. The lowest BCUT2D eigenvalue weighted by molar-refractivity contribution is 0.0521. The summed E-state index contributed by atoms with van der Waals surface area (Å²) in [5.41, 5.74) is 0.682. The van der Waals surface area contributed by atoms with E-state index in [1.807, 2.05) is 6.92 Å². The Hall–Kier alpha value is -2.41. The van der Waals surface area contributed by atoms with E-state index in [1.165, 1.54) is 18.2 Å². The minimum atomic E-state index is -3.82. The standard InChI is InChI=1S/C16H16FNO4S/c1-3-22-16(19)14-10-12(6-9-15(14)17)18-23(20,21)13-7-4-11(2)5-8-13/h4-10,18H,3H2,1-2H3. The molecule has 2 aromatic rings. The fourth-order valence-corrected chi connectivity index (χ4v) is 2.94. The molecule has 0 aliphatic rings. The summed E-state index contributed by atoms with van der Waals surface area (Å²) in [7, 11) is -3.82. The Balaban J connectivity index is 2.31. The molecule has 0 aromatic heterocycles. The van der Waals surface area contributed by atoms with Crippen LogP contribution in [0.5, 0.6) is 0 Å². The van der Waals surface area contributed by atoms with Crippen molar-refractivity contribution in [1.82, 2.24) is 0 Å². The van der Waals surface area contributed by atoms with Crippen LogP contribution in [0.25, 0.3) is 0 Å². The number of halogens is 1. The summed E-state index contributed by atoms with van der Waals surface area (Å²) in [4.78, 5) is 11.7. The predicted octanol–water partition coefficient (Wildman–Crippen LogP) is 3.11. The molecule has 0 spiro atoms. The minimum absolute atomic E-state index is 0.0742. The van der Waals surface area contributed by atoms with E-state index in [2.05, 4.69) is 4.72 Å². The van der Waals surface area contributed by atoms with Gasteiger partial charge in [-0.3, -0.25) is 4.72 Å². The van der Waals surface area contributed by atoms with Gasteiger partial charge in [0.05, 0.1) is 17.1 Å². The van der Waals surface area contributed by atoms with Crippen molar-refractivity contribution in [3.63, 3.8) is 0 Å². The Morgan fingerprint density at radius 1 is 1.17 bits per heavy atom. The number of esters is 1. The van der Waals surface area contributed by atoms with E-state index < -0.39 is 21.8 Å². The van der Waals surface area contributed by atoms with Crippen LogP contribution >= 0.6 is 0 Å². The van der Waals surface area contributed by atoms with E-state index in [1.54, 1.807) is 19.1 Å². The van der Waals surface area contributed by atoms with Crippen molar-refractivity contribution in [3.05, 3.63) is 59.4 Å². The third-order valence-corrected chi connectivity index (χ3v) is 4.44. The third kappa shape index (κ3) is 4.07. The number of carbonyl (C=O) groups is 1. The number of sulfonamides is 1. The maximum atomic E-state index is 13.7. The van der Waals surface area contributed by atoms with Crippen LogP contribution in [-0.2, 0) is 14.8 Å². The zero-order valence-electron chi connectivity index (χ0n) is 12.7. The quantitative estimate of drug-likeness (QED) is 0.851. The average Bonchev–Trinajstić information content (AvgIpc) is 2.49. The Morgan fingerprint density at radius 2 is 1.83 bits per heavy atom. The minimum Gasteiger partial charge on any atom is -0.462 e. The highest BCUT2D eigenvalue weighted by Gasteiger charge is 2.17. The Bertz CT molecular complexity index is 816. The fourth-order valence-electron chi connectivity index (χ4n) is 1.89. The van der Waals surface area contributed by atoms with Crippen molar-refractivity contribution in [2.24, 2.45) is 0 Å². The first-order chi connectivity index (χ1) is 10.8.